The molecule has 1 atom stereocenters. The Morgan fingerprint density at radius 1 is 1.03 bits per heavy atom. The SMILES string of the molecule is CCCN(C(=O)Cc1ccc(F)cc1)[C@H](C)c1nc2ccccc2c(=O)n1-c1ccc(C)cc1. The molecule has 4 rings (SSSR count). The van der Waals surface area contributed by atoms with Gasteiger partial charge >= 0.3 is 0 Å². The first-order valence-electron chi connectivity index (χ1n) is 11.5. The Kier molecular flexibility index (Phi) is 6.87. The van der Waals surface area contributed by atoms with Crippen LogP contribution in [0.25, 0.3) is 16.6 Å². The molecular formula is C28H28FN3O2. The van der Waals surface area contributed by atoms with E-state index in [1.807, 2.05) is 63.2 Å². The highest BCUT2D eigenvalue weighted by Crippen LogP contribution is 2.24. The van der Waals surface area contributed by atoms with Crippen LogP contribution in [0.15, 0.2) is 77.6 Å². The van der Waals surface area contributed by atoms with Gasteiger partial charge in [0.1, 0.15) is 11.6 Å². The van der Waals surface area contributed by atoms with E-state index in [4.69, 9.17) is 4.98 Å². The standard InChI is InChI=1S/C28H28FN3O2/c1-4-17-31(26(33)18-21-11-13-22(29)14-12-21)20(3)27-30-25-8-6-5-7-24(25)28(34)32(27)23-15-9-19(2)10-16-23/h5-16,20H,4,17-18H2,1-3H3/t20-/m1/s1. The predicted molar refractivity (Wildman–Crippen MR) is 133 cm³/mol. The van der Waals surface area contributed by atoms with E-state index < -0.39 is 6.04 Å². The van der Waals surface area contributed by atoms with Gasteiger partial charge < -0.3 is 4.90 Å². The average molecular weight is 458 g/mol. The quantitative estimate of drug-likeness (QED) is 0.375. The number of hydrogen-bond acceptors (Lipinski definition) is 3. The van der Waals surface area contributed by atoms with Gasteiger partial charge in [0.25, 0.3) is 5.56 Å². The van der Waals surface area contributed by atoms with E-state index in [9.17, 15) is 14.0 Å². The van der Waals surface area contributed by atoms with Gasteiger partial charge in [0, 0.05) is 6.54 Å². The molecule has 174 valence electrons. The molecule has 0 bridgehead atoms. The number of fused-ring (bicyclic) bond motifs is 1. The minimum absolute atomic E-state index is 0.0983. The molecule has 0 radical (unpaired) electrons. The van der Waals surface area contributed by atoms with E-state index in [0.29, 0.717) is 29.0 Å². The summed E-state index contributed by atoms with van der Waals surface area (Å²) < 4.78 is 14.9. The molecule has 0 spiro atoms. The van der Waals surface area contributed by atoms with Gasteiger partial charge in [-0.3, -0.25) is 14.2 Å². The predicted octanol–water partition coefficient (Wildman–Crippen LogP) is 5.38. The number of aromatic nitrogens is 2. The summed E-state index contributed by atoms with van der Waals surface area (Å²) in [5.41, 5.74) is 2.96. The highest BCUT2D eigenvalue weighted by molar-refractivity contribution is 5.80. The van der Waals surface area contributed by atoms with Crippen molar-refractivity contribution in [2.45, 2.75) is 39.7 Å². The van der Waals surface area contributed by atoms with Crippen molar-refractivity contribution in [2.75, 3.05) is 6.54 Å². The molecule has 0 fully saturated rings. The summed E-state index contributed by atoms with van der Waals surface area (Å²) in [5, 5.41) is 0.527. The van der Waals surface area contributed by atoms with Crippen LogP contribution in [0.5, 0.6) is 0 Å². The molecule has 34 heavy (non-hydrogen) atoms. The number of carbonyl (C=O) groups is 1. The van der Waals surface area contributed by atoms with Gasteiger partial charge in [-0.15, -0.1) is 0 Å². The Bertz CT molecular complexity index is 1360. The zero-order valence-electron chi connectivity index (χ0n) is 19.7. The summed E-state index contributed by atoms with van der Waals surface area (Å²) in [6.07, 6.45) is 0.898. The van der Waals surface area contributed by atoms with Crippen LogP contribution in [0.4, 0.5) is 4.39 Å². The summed E-state index contributed by atoms with van der Waals surface area (Å²) in [6.45, 7) is 6.41. The van der Waals surface area contributed by atoms with Crippen molar-refractivity contribution in [1.29, 1.82) is 0 Å². The lowest BCUT2D eigenvalue weighted by Gasteiger charge is -2.30. The van der Waals surface area contributed by atoms with Crippen molar-refractivity contribution in [3.63, 3.8) is 0 Å². The van der Waals surface area contributed by atoms with E-state index in [0.717, 1.165) is 17.5 Å². The number of para-hydroxylation sites is 1. The zero-order chi connectivity index (χ0) is 24.2. The molecule has 1 amide bonds. The number of carbonyl (C=O) groups excluding carboxylic acids is 1. The van der Waals surface area contributed by atoms with Crippen LogP contribution < -0.4 is 5.56 Å². The molecule has 0 unspecified atom stereocenters. The van der Waals surface area contributed by atoms with Gasteiger partial charge in [-0.05, 0) is 62.2 Å². The van der Waals surface area contributed by atoms with Crippen LogP contribution in [-0.2, 0) is 11.2 Å². The molecule has 0 aliphatic rings. The maximum atomic E-state index is 13.6. The Balaban J connectivity index is 1.81. The maximum Gasteiger partial charge on any atom is 0.266 e. The highest BCUT2D eigenvalue weighted by Gasteiger charge is 2.26. The average Bonchev–Trinajstić information content (AvgIpc) is 2.84. The lowest BCUT2D eigenvalue weighted by molar-refractivity contribution is -0.132. The summed E-state index contributed by atoms with van der Waals surface area (Å²) in [4.78, 5) is 33.6. The van der Waals surface area contributed by atoms with Gasteiger partial charge in [-0.2, -0.15) is 0 Å². The van der Waals surface area contributed by atoms with Gasteiger partial charge in [-0.1, -0.05) is 48.9 Å². The van der Waals surface area contributed by atoms with E-state index >= 15 is 0 Å². The molecular weight excluding hydrogens is 429 g/mol. The molecule has 0 saturated carbocycles. The Hall–Kier alpha value is -3.80. The van der Waals surface area contributed by atoms with Crippen LogP contribution in [-0.4, -0.2) is 26.9 Å². The Morgan fingerprint density at radius 3 is 2.38 bits per heavy atom. The Morgan fingerprint density at radius 2 is 1.71 bits per heavy atom. The van der Waals surface area contributed by atoms with Crippen LogP contribution in [0.1, 0.15) is 43.3 Å². The van der Waals surface area contributed by atoms with Crippen LogP contribution in [0.3, 0.4) is 0 Å². The minimum atomic E-state index is -0.452. The van der Waals surface area contributed by atoms with Crippen LogP contribution in [0, 0.1) is 12.7 Å². The lowest BCUT2D eigenvalue weighted by atomic mass is 10.1. The third-order valence-corrected chi connectivity index (χ3v) is 5.99. The summed E-state index contributed by atoms with van der Waals surface area (Å²) in [5.74, 6) is 0.0738. The van der Waals surface area contributed by atoms with Gasteiger partial charge in [-0.25, -0.2) is 9.37 Å². The molecule has 1 heterocycles. The molecule has 0 N–H and O–H groups in total. The van der Waals surface area contributed by atoms with Gasteiger partial charge in [0.05, 0.1) is 29.1 Å². The van der Waals surface area contributed by atoms with Crippen molar-refractivity contribution >= 4 is 16.8 Å². The van der Waals surface area contributed by atoms with Crippen molar-refractivity contribution in [2.24, 2.45) is 0 Å². The van der Waals surface area contributed by atoms with Crippen molar-refractivity contribution in [1.82, 2.24) is 14.5 Å². The zero-order valence-corrected chi connectivity index (χ0v) is 19.7. The Labute approximate surface area is 198 Å². The normalized spacial score (nSPS) is 12.0. The molecule has 0 aliphatic carbocycles. The van der Waals surface area contributed by atoms with Crippen LogP contribution in [0.2, 0.25) is 0 Å². The first kappa shape index (κ1) is 23.4. The highest BCUT2D eigenvalue weighted by atomic mass is 19.1. The van der Waals surface area contributed by atoms with E-state index in [1.165, 1.54) is 12.1 Å². The van der Waals surface area contributed by atoms with Crippen LogP contribution >= 0.6 is 0 Å². The topological polar surface area (TPSA) is 55.2 Å². The fourth-order valence-electron chi connectivity index (χ4n) is 4.17. The molecule has 1 aromatic heterocycles. The van der Waals surface area contributed by atoms with E-state index in [-0.39, 0.29) is 23.7 Å². The number of amides is 1. The van der Waals surface area contributed by atoms with Gasteiger partial charge in [0.15, 0.2) is 0 Å². The molecule has 0 saturated heterocycles. The smallest absolute Gasteiger partial charge is 0.266 e. The number of rotatable bonds is 7. The maximum absolute atomic E-state index is 13.6. The number of aryl methyl sites for hydroxylation is 1. The fourth-order valence-corrected chi connectivity index (χ4v) is 4.17. The number of nitrogens with zero attached hydrogens (tertiary/aromatic N) is 3. The molecule has 6 heteroatoms. The molecule has 5 nitrogen and oxygen atoms in total. The summed E-state index contributed by atoms with van der Waals surface area (Å²) in [7, 11) is 0. The first-order valence-corrected chi connectivity index (χ1v) is 11.5. The number of hydrogen-bond donors (Lipinski definition) is 0. The summed E-state index contributed by atoms with van der Waals surface area (Å²) in [6, 6.07) is 20.5. The number of benzene rings is 3. The lowest BCUT2D eigenvalue weighted by Crippen LogP contribution is -2.38. The first-order chi connectivity index (χ1) is 16.4. The second kappa shape index (κ2) is 10.00. The van der Waals surface area contributed by atoms with E-state index in [1.54, 1.807) is 27.7 Å². The van der Waals surface area contributed by atoms with Gasteiger partial charge in [0.2, 0.25) is 5.91 Å². The minimum Gasteiger partial charge on any atom is -0.332 e. The van der Waals surface area contributed by atoms with Crippen molar-refractivity contribution in [3.8, 4) is 5.69 Å². The van der Waals surface area contributed by atoms with Crippen molar-refractivity contribution < 1.29 is 9.18 Å². The third-order valence-electron chi connectivity index (χ3n) is 5.99. The van der Waals surface area contributed by atoms with Crippen molar-refractivity contribution in [3.05, 3.63) is 106 Å². The number of halogens is 1. The second-order valence-corrected chi connectivity index (χ2v) is 8.53. The largest absolute Gasteiger partial charge is 0.332 e. The summed E-state index contributed by atoms with van der Waals surface area (Å²) >= 11 is 0. The molecule has 3 aromatic carbocycles. The molecule has 0 aliphatic heterocycles. The fraction of sp³-hybridized carbons (Fsp3) is 0.250. The second-order valence-electron chi connectivity index (χ2n) is 8.53. The van der Waals surface area contributed by atoms with E-state index in [2.05, 4.69) is 0 Å². The molecule has 4 aromatic rings. The third kappa shape index (κ3) is 4.76. The monoisotopic (exact) mass is 457 g/mol.